The van der Waals surface area contributed by atoms with Crippen molar-refractivity contribution >= 4 is 0 Å². The van der Waals surface area contributed by atoms with Gasteiger partial charge in [0.25, 0.3) is 0 Å². The molecule has 2 unspecified atom stereocenters. The van der Waals surface area contributed by atoms with Crippen molar-refractivity contribution in [2.75, 3.05) is 0 Å². The molecule has 0 aliphatic carbocycles. The zero-order valence-corrected chi connectivity index (χ0v) is 14.3. The zero-order chi connectivity index (χ0) is 18.3. The second kappa shape index (κ2) is 8.60. The van der Waals surface area contributed by atoms with Crippen LogP contribution in [0.1, 0.15) is 31.9 Å². The summed E-state index contributed by atoms with van der Waals surface area (Å²) in [6.07, 6.45) is 0.750. The van der Waals surface area contributed by atoms with Gasteiger partial charge in [0, 0.05) is 11.5 Å². The molecule has 0 spiro atoms. The SMILES string of the molecule is C=CO.CC(N)C(C)C(C)(c1ccc(F)cc1)c1ccc(F)cc1. The zero-order valence-electron chi connectivity index (χ0n) is 14.3. The van der Waals surface area contributed by atoms with Gasteiger partial charge in [-0.1, -0.05) is 44.7 Å². The van der Waals surface area contributed by atoms with E-state index in [0.29, 0.717) is 0 Å². The summed E-state index contributed by atoms with van der Waals surface area (Å²) in [5.74, 6) is -0.435. The number of halogens is 2. The second-order valence-corrected chi connectivity index (χ2v) is 6.05. The molecule has 0 bridgehead atoms. The Hall–Kier alpha value is -2.20. The van der Waals surface area contributed by atoms with Crippen LogP contribution in [0.15, 0.2) is 61.4 Å². The molecule has 0 amide bonds. The van der Waals surface area contributed by atoms with Gasteiger partial charge in [0.05, 0.1) is 6.26 Å². The number of aliphatic hydroxyl groups is 1. The fourth-order valence-corrected chi connectivity index (χ4v) is 2.81. The molecule has 2 nitrogen and oxygen atoms in total. The molecular formula is C20H25F2NO. The molecule has 4 heteroatoms. The van der Waals surface area contributed by atoms with Crippen LogP contribution in [-0.2, 0) is 5.41 Å². The van der Waals surface area contributed by atoms with Crippen molar-refractivity contribution in [3.63, 3.8) is 0 Å². The summed E-state index contributed by atoms with van der Waals surface area (Å²) < 4.78 is 26.4. The lowest BCUT2D eigenvalue weighted by Crippen LogP contribution is -2.41. The molecule has 24 heavy (non-hydrogen) atoms. The quantitative estimate of drug-likeness (QED) is 0.778. The van der Waals surface area contributed by atoms with E-state index in [1.807, 2.05) is 6.92 Å². The van der Waals surface area contributed by atoms with Gasteiger partial charge < -0.3 is 10.8 Å². The fraction of sp³-hybridized carbons (Fsp3) is 0.300. The number of hydrogen-bond donors (Lipinski definition) is 2. The van der Waals surface area contributed by atoms with E-state index in [1.54, 1.807) is 24.3 Å². The normalized spacial score (nSPS) is 13.4. The van der Waals surface area contributed by atoms with Gasteiger partial charge in [-0.15, -0.1) is 0 Å². The molecule has 0 saturated heterocycles. The van der Waals surface area contributed by atoms with Crippen molar-refractivity contribution in [1.82, 2.24) is 0 Å². The maximum Gasteiger partial charge on any atom is 0.123 e. The molecule has 2 aromatic carbocycles. The van der Waals surface area contributed by atoms with Crippen molar-refractivity contribution in [3.8, 4) is 0 Å². The Morgan fingerprint density at radius 3 is 1.50 bits per heavy atom. The van der Waals surface area contributed by atoms with Crippen LogP contribution < -0.4 is 5.73 Å². The summed E-state index contributed by atoms with van der Waals surface area (Å²) in [6.45, 7) is 9.01. The smallest absolute Gasteiger partial charge is 0.123 e. The molecular weight excluding hydrogens is 308 g/mol. The van der Waals surface area contributed by atoms with Gasteiger partial charge in [-0.25, -0.2) is 8.78 Å². The Kier molecular flexibility index (Phi) is 7.11. The fourth-order valence-electron chi connectivity index (χ4n) is 2.81. The van der Waals surface area contributed by atoms with E-state index < -0.39 is 5.41 Å². The predicted octanol–water partition coefficient (Wildman–Crippen LogP) is 4.94. The van der Waals surface area contributed by atoms with Crippen molar-refractivity contribution in [2.24, 2.45) is 11.7 Å². The minimum Gasteiger partial charge on any atom is -0.516 e. The molecule has 2 aromatic rings. The second-order valence-electron chi connectivity index (χ2n) is 6.05. The first kappa shape index (κ1) is 19.8. The van der Waals surface area contributed by atoms with Gasteiger partial charge in [0.1, 0.15) is 11.6 Å². The Morgan fingerprint density at radius 2 is 1.25 bits per heavy atom. The molecule has 0 aliphatic heterocycles. The lowest BCUT2D eigenvalue weighted by molar-refractivity contribution is 0.326. The Balaban J connectivity index is 0.000000891. The Bertz CT molecular complexity index is 590. The summed E-state index contributed by atoms with van der Waals surface area (Å²) >= 11 is 0. The third-order valence-electron chi connectivity index (χ3n) is 4.59. The number of nitrogens with two attached hydrogens (primary N) is 1. The third kappa shape index (κ3) is 4.42. The molecule has 2 rings (SSSR count). The van der Waals surface area contributed by atoms with Crippen LogP contribution in [0.2, 0.25) is 0 Å². The highest BCUT2D eigenvalue weighted by atomic mass is 19.1. The summed E-state index contributed by atoms with van der Waals surface area (Å²) in [7, 11) is 0. The van der Waals surface area contributed by atoms with Gasteiger partial charge in [-0.3, -0.25) is 0 Å². The van der Waals surface area contributed by atoms with E-state index in [0.717, 1.165) is 17.4 Å². The van der Waals surface area contributed by atoms with Gasteiger partial charge in [-0.2, -0.15) is 0 Å². The maximum absolute atomic E-state index is 13.2. The van der Waals surface area contributed by atoms with Gasteiger partial charge in [-0.05, 0) is 48.2 Å². The molecule has 0 radical (unpaired) electrons. The monoisotopic (exact) mass is 333 g/mol. The lowest BCUT2D eigenvalue weighted by Gasteiger charge is -2.39. The first-order valence-electron chi connectivity index (χ1n) is 7.80. The molecule has 0 heterocycles. The van der Waals surface area contributed by atoms with E-state index in [1.165, 1.54) is 24.3 Å². The molecule has 0 aromatic heterocycles. The summed E-state index contributed by atoms with van der Waals surface area (Å²) in [5, 5.41) is 7.33. The third-order valence-corrected chi connectivity index (χ3v) is 4.59. The topological polar surface area (TPSA) is 46.2 Å². The largest absolute Gasteiger partial charge is 0.516 e. The van der Waals surface area contributed by atoms with Gasteiger partial charge in [0.15, 0.2) is 0 Å². The highest BCUT2D eigenvalue weighted by Crippen LogP contribution is 2.40. The first-order chi connectivity index (χ1) is 11.3. The summed E-state index contributed by atoms with van der Waals surface area (Å²) in [5.41, 5.74) is 7.65. The van der Waals surface area contributed by atoms with E-state index in [4.69, 9.17) is 10.8 Å². The van der Waals surface area contributed by atoms with E-state index in [-0.39, 0.29) is 23.6 Å². The van der Waals surface area contributed by atoms with Crippen LogP contribution in [0.5, 0.6) is 0 Å². The average molecular weight is 333 g/mol. The number of benzene rings is 2. The van der Waals surface area contributed by atoms with Crippen LogP contribution in [0.3, 0.4) is 0 Å². The van der Waals surface area contributed by atoms with E-state index in [2.05, 4.69) is 20.4 Å². The highest BCUT2D eigenvalue weighted by molar-refractivity contribution is 5.40. The van der Waals surface area contributed by atoms with Crippen LogP contribution in [0.4, 0.5) is 8.78 Å². The molecule has 3 N–H and O–H groups in total. The summed E-state index contributed by atoms with van der Waals surface area (Å²) in [4.78, 5) is 0. The number of rotatable bonds is 4. The highest BCUT2D eigenvalue weighted by Gasteiger charge is 2.36. The Labute approximate surface area is 142 Å². The van der Waals surface area contributed by atoms with Crippen molar-refractivity contribution < 1.29 is 13.9 Å². The molecule has 0 fully saturated rings. The minimum atomic E-state index is -0.407. The maximum atomic E-state index is 13.2. The number of hydrogen-bond acceptors (Lipinski definition) is 2. The standard InChI is InChI=1S/C18H21F2N.C2H4O/c1-12(13(2)21)18(3,14-4-8-16(19)9-5-14)15-6-10-17(20)11-7-15;1-2-3/h4-13H,21H2,1-3H3;2-3H,1H2. The average Bonchev–Trinajstić information content (AvgIpc) is 2.55. The van der Waals surface area contributed by atoms with E-state index in [9.17, 15) is 8.78 Å². The van der Waals surface area contributed by atoms with Crippen LogP contribution in [0.25, 0.3) is 0 Å². The van der Waals surface area contributed by atoms with Gasteiger partial charge >= 0.3 is 0 Å². The van der Waals surface area contributed by atoms with Crippen LogP contribution in [-0.4, -0.2) is 11.1 Å². The van der Waals surface area contributed by atoms with E-state index >= 15 is 0 Å². The van der Waals surface area contributed by atoms with Crippen LogP contribution >= 0.6 is 0 Å². The van der Waals surface area contributed by atoms with Gasteiger partial charge in [0.2, 0.25) is 0 Å². The molecule has 0 saturated carbocycles. The first-order valence-corrected chi connectivity index (χ1v) is 7.80. The molecule has 130 valence electrons. The Morgan fingerprint density at radius 1 is 0.958 bits per heavy atom. The van der Waals surface area contributed by atoms with Crippen LogP contribution in [0, 0.1) is 17.6 Å². The van der Waals surface area contributed by atoms with Crippen molar-refractivity contribution in [2.45, 2.75) is 32.2 Å². The summed E-state index contributed by atoms with van der Waals surface area (Å²) in [6, 6.07) is 12.8. The predicted molar refractivity (Wildman–Crippen MR) is 94.9 cm³/mol. The van der Waals surface area contributed by atoms with Crippen molar-refractivity contribution in [1.29, 1.82) is 0 Å². The molecule has 0 aliphatic rings. The molecule has 2 atom stereocenters. The lowest BCUT2D eigenvalue weighted by atomic mass is 9.66. The van der Waals surface area contributed by atoms with Crippen molar-refractivity contribution in [3.05, 3.63) is 84.1 Å². The minimum absolute atomic E-state index is 0.0508. The number of aliphatic hydroxyl groups excluding tert-OH is 1.